The number of nitrogens with one attached hydrogen (secondary N) is 2. The Morgan fingerprint density at radius 2 is 2.00 bits per heavy atom. The zero-order valence-corrected chi connectivity index (χ0v) is 19.0. The topological polar surface area (TPSA) is 201 Å². The number of carbonyl (C=O) groups excluding carboxylic acids is 1. The molecule has 0 aromatic carbocycles. The maximum atomic E-state index is 11.6. The summed E-state index contributed by atoms with van der Waals surface area (Å²) in [6, 6.07) is -1.02. The van der Waals surface area contributed by atoms with Gasteiger partial charge >= 0.3 is 0 Å². The number of fused-ring (bicyclic) bond motifs is 1. The molecular formula is C20H25N7O6S. The number of aliphatic hydroxyl groups excluding tert-OH is 4. The van der Waals surface area contributed by atoms with E-state index in [4.69, 9.17) is 10.5 Å². The van der Waals surface area contributed by atoms with Crippen molar-refractivity contribution in [1.82, 2.24) is 24.8 Å². The summed E-state index contributed by atoms with van der Waals surface area (Å²) in [4.78, 5) is 24.3. The molecule has 0 spiro atoms. The zero-order chi connectivity index (χ0) is 24.8. The van der Waals surface area contributed by atoms with E-state index in [0.717, 1.165) is 0 Å². The molecule has 0 radical (unpaired) electrons. The Kier molecular flexibility index (Phi) is 8.65. The quantitative estimate of drug-likeness (QED) is 0.111. The molecule has 1 aliphatic heterocycles. The monoisotopic (exact) mass is 491 g/mol. The maximum absolute atomic E-state index is 11.6. The summed E-state index contributed by atoms with van der Waals surface area (Å²) in [5.41, 5.74) is 6.16. The van der Waals surface area contributed by atoms with Crippen LogP contribution in [0.1, 0.15) is 13.2 Å². The fourth-order valence-corrected chi connectivity index (χ4v) is 3.30. The summed E-state index contributed by atoms with van der Waals surface area (Å²) in [6.45, 7) is 1.15. The second-order valence-electron chi connectivity index (χ2n) is 7.37. The predicted molar refractivity (Wildman–Crippen MR) is 122 cm³/mol. The van der Waals surface area contributed by atoms with Crippen LogP contribution in [-0.2, 0) is 9.53 Å². The summed E-state index contributed by atoms with van der Waals surface area (Å²) in [5, 5.41) is 44.5. The Bertz CT molecular complexity index is 1150. The first-order chi connectivity index (χ1) is 16.2. The van der Waals surface area contributed by atoms with Crippen molar-refractivity contribution in [3.63, 3.8) is 0 Å². The van der Waals surface area contributed by atoms with Crippen LogP contribution in [0.5, 0.6) is 0 Å². The van der Waals surface area contributed by atoms with E-state index < -0.39 is 49.2 Å². The first-order valence-electron chi connectivity index (χ1n) is 10.2. The number of ether oxygens (including phenoxy) is 1. The van der Waals surface area contributed by atoms with Gasteiger partial charge in [-0.15, -0.1) is 12.6 Å². The number of anilines is 1. The van der Waals surface area contributed by atoms with Crippen LogP contribution in [0.4, 0.5) is 5.95 Å². The van der Waals surface area contributed by atoms with E-state index in [0.29, 0.717) is 11.2 Å². The summed E-state index contributed by atoms with van der Waals surface area (Å²) in [6.07, 6.45) is -4.07. The van der Waals surface area contributed by atoms with Gasteiger partial charge in [0.1, 0.15) is 34.9 Å². The van der Waals surface area contributed by atoms with Crippen LogP contribution in [0.2, 0.25) is 0 Å². The Morgan fingerprint density at radius 3 is 2.65 bits per heavy atom. The van der Waals surface area contributed by atoms with Crippen molar-refractivity contribution in [2.75, 3.05) is 25.0 Å². The fourth-order valence-electron chi connectivity index (χ4n) is 3.05. The van der Waals surface area contributed by atoms with Gasteiger partial charge in [-0.1, -0.05) is 11.8 Å². The van der Waals surface area contributed by atoms with Gasteiger partial charge in [0.15, 0.2) is 11.9 Å². The van der Waals surface area contributed by atoms with Gasteiger partial charge in [-0.2, -0.15) is 4.98 Å². The van der Waals surface area contributed by atoms with Crippen LogP contribution >= 0.6 is 12.6 Å². The summed E-state index contributed by atoms with van der Waals surface area (Å²) < 4.78 is 6.97. The molecule has 34 heavy (non-hydrogen) atoms. The Hall–Kier alpha value is -2.95. The third kappa shape index (κ3) is 5.75. The number of hydrogen-bond donors (Lipinski definition) is 8. The number of aliphatic hydroxyl groups is 4. The number of imidazole rings is 1. The molecule has 3 heterocycles. The molecule has 1 fully saturated rings. The van der Waals surface area contributed by atoms with E-state index in [1.807, 2.05) is 0 Å². The fraction of sp³-hybridized carbons (Fsp3) is 0.500. The molecule has 2 aromatic heterocycles. The standard InChI is InChI=1S/C20H25N7O6S/c1-10(29)12(21)17(32)22-6-4-2-3-5-7-23-20-25-16-13(18(34)26-20)24-9-27(16)19-15(31)14(30)11(8-28)33-19/h9-12,14-15,19,28-31H,6-8,21H2,1H3,(H,22,32)(H2,23,25,26,34)/t10?,11-,12?,14+,15?,19?/m1/s1. The van der Waals surface area contributed by atoms with E-state index >= 15 is 0 Å². The normalized spacial score (nSPS) is 23.4. The minimum atomic E-state index is -1.29. The second-order valence-corrected chi connectivity index (χ2v) is 7.79. The first-order valence-corrected chi connectivity index (χ1v) is 10.7. The summed E-state index contributed by atoms with van der Waals surface area (Å²) in [5.74, 6) is 10.2. The number of amides is 1. The number of carbonyl (C=O) groups is 1. The van der Waals surface area contributed by atoms with Crippen molar-refractivity contribution < 1.29 is 30.0 Å². The van der Waals surface area contributed by atoms with Gasteiger partial charge in [-0.05, 0) is 18.8 Å². The highest BCUT2D eigenvalue weighted by atomic mass is 32.1. The largest absolute Gasteiger partial charge is 0.394 e. The van der Waals surface area contributed by atoms with Crippen molar-refractivity contribution >= 4 is 35.6 Å². The van der Waals surface area contributed by atoms with Gasteiger partial charge in [0.05, 0.1) is 32.1 Å². The van der Waals surface area contributed by atoms with Gasteiger partial charge < -0.3 is 41.5 Å². The highest BCUT2D eigenvalue weighted by Gasteiger charge is 2.44. The minimum Gasteiger partial charge on any atom is -0.394 e. The molecule has 0 saturated carbocycles. The van der Waals surface area contributed by atoms with Gasteiger partial charge in [-0.3, -0.25) is 9.36 Å². The molecule has 8 N–H and O–H groups in total. The molecule has 4 unspecified atom stereocenters. The van der Waals surface area contributed by atoms with Crippen molar-refractivity contribution in [2.45, 2.75) is 48.6 Å². The van der Waals surface area contributed by atoms with Crippen LogP contribution in [0.15, 0.2) is 11.4 Å². The van der Waals surface area contributed by atoms with Crippen molar-refractivity contribution in [1.29, 1.82) is 0 Å². The molecule has 13 nitrogen and oxygen atoms in total. The van der Waals surface area contributed by atoms with Gasteiger partial charge in [0.2, 0.25) is 11.9 Å². The van der Waals surface area contributed by atoms with Gasteiger partial charge in [0.25, 0.3) is 0 Å². The number of aromatic nitrogens is 4. The Balaban J connectivity index is 1.61. The molecule has 1 amide bonds. The predicted octanol–water partition coefficient (Wildman–Crippen LogP) is -3.03. The molecule has 1 saturated heterocycles. The lowest BCUT2D eigenvalue weighted by atomic mass is 10.1. The molecule has 1 aliphatic rings. The van der Waals surface area contributed by atoms with Crippen LogP contribution in [0.25, 0.3) is 11.2 Å². The third-order valence-corrected chi connectivity index (χ3v) is 5.25. The number of nitrogens with two attached hydrogens (primary N) is 1. The summed E-state index contributed by atoms with van der Waals surface area (Å²) >= 11 is 4.32. The average Bonchev–Trinajstić information content (AvgIpc) is 3.35. The van der Waals surface area contributed by atoms with E-state index in [1.54, 1.807) is 0 Å². The molecule has 3 rings (SSSR count). The van der Waals surface area contributed by atoms with Gasteiger partial charge in [0, 0.05) is 0 Å². The number of rotatable bonds is 7. The lowest BCUT2D eigenvalue weighted by molar-refractivity contribution is -0.124. The van der Waals surface area contributed by atoms with Gasteiger partial charge in [-0.25, -0.2) is 9.97 Å². The highest BCUT2D eigenvalue weighted by molar-refractivity contribution is 7.80. The molecule has 0 bridgehead atoms. The third-order valence-electron chi connectivity index (χ3n) is 4.94. The average molecular weight is 492 g/mol. The van der Waals surface area contributed by atoms with Crippen molar-refractivity contribution in [3.05, 3.63) is 6.33 Å². The number of nitrogens with zero attached hydrogens (tertiary/aromatic N) is 4. The van der Waals surface area contributed by atoms with E-state index in [2.05, 4.69) is 61.9 Å². The van der Waals surface area contributed by atoms with Crippen LogP contribution in [-0.4, -0.2) is 96.0 Å². The summed E-state index contributed by atoms with van der Waals surface area (Å²) in [7, 11) is 0. The minimum absolute atomic E-state index is 0.0368. The van der Waals surface area contributed by atoms with E-state index in [1.165, 1.54) is 17.8 Å². The SMILES string of the molecule is CC(O)C(N)C(=O)NCC#CC#CCNc1nc(S)c2ncn(C3O[C@H](CO)[C@H](O)C3O)c2n1. The first kappa shape index (κ1) is 25.7. The molecule has 6 atom stereocenters. The smallest absolute Gasteiger partial charge is 0.240 e. The van der Waals surface area contributed by atoms with Crippen LogP contribution < -0.4 is 16.4 Å². The Labute approximate surface area is 200 Å². The highest BCUT2D eigenvalue weighted by Crippen LogP contribution is 2.32. The molecule has 2 aromatic rings. The lowest BCUT2D eigenvalue weighted by Gasteiger charge is -2.16. The van der Waals surface area contributed by atoms with Crippen LogP contribution in [0.3, 0.4) is 0 Å². The molecule has 14 heteroatoms. The van der Waals surface area contributed by atoms with E-state index in [-0.39, 0.29) is 24.1 Å². The maximum Gasteiger partial charge on any atom is 0.240 e. The molecule has 0 aliphatic carbocycles. The number of thiol groups is 1. The number of hydrogen-bond acceptors (Lipinski definition) is 12. The van der Waals surface area contributed by atoms with Crippen molar-refractivity contribution in [2.24, 2.45) is 5.73 Å². The Morgan fingerprint density at radius 1 is 1.29 bits per heavy atom. The second kappa shape index (κ2) is 11.5. The van der Waals surface area contributed by atoms with E-state index in [9.17, 15) is 25.2 Å². The molecule has 182 valence electrons. The zero-order valence-electron chi connectivity index (χ0n) is 18.1. The van der Waals surface area contributed by atoms with Crippen LogP contribution in [0, 0.1) is 23.7 Å². The van der Waals surface area contributed by atoms with Crippen molar-refractivity contribution in [3.8, 4) is 23.7 Å². The lowest BCUT2D eigenvalue weighted by Crippen LogP contribution is -2.47. The molecular weight excluding hydrogens is 466 g/mol.